The third-order valence-corrected chi connectivity index (χ3v) is 3.80. The van der Waals surface area contributed by atoms with Crippen LogP contribution in [0.2, 0.25) is 0 Å². The molecule has 0 N–H and O–H groups in total. The molecule has 21 heavy (non-hydrogen) atoms. The van der Waals surface area contributed by atoms with Gasteiger partial charge >= 0.3 is 6.18 Å². The maximum atomic E-state index is 12.4. The van der Waals surface area contributed by atoms with Crippen LogP contribution in [-0.4, -0.2) is 5.78 Å². The normalized spacial score (nSPS) is 11.4. The van der Waals surface area contributed by atoms with Crippen molar-refractivity contribution in [2.24, 2.45) is 0 Å². The molecule has 0 bridgehead atoms. The van der Waals surface area contributed by atoms with E-state index in [0.717, 1.165) is 22.2 Å². The third-order valence-electron chi connectivity index (χ3n) is 3.03. The molecule has 0 radical (unpaired) electrons. The smallest absolute Gasteiger partial charge is 0.299 e. The van der Waals surface area contributed by atoms with E-state index in [1.165, 1.54) is 12.1 Å². The number of hydrogen-bond donors (Lipinski definition) is 0. The summed E-state index contributed by atoms with van der Waals surface area (Å²) in [7, 11) is 0. The predicted molar refractivity (Wildman–Crippen MR) is 78.0 cm³/mol. The molecule has 0 aliphatic carbocycles. The van der Waals surface area contributed by atoms with Crippen LogP contribution in [0.3, 0.4) is 0 Å². The SMILES string of the molecule is O=C(Cc1ccc(C(F)(F)F)cc1)Cc1ccccc1Br. The first-order valence-electron chi connectivity index (χ1n) is 6.27. The molecule has 110 valence electrons. The van der Waals surface area contributed by atoms with Crippen LogP contribution in [0.5, 0.6) is 0 Å². The van der Waals surface area contributed by atoms with Crippen LogP contribution in [0.4, 0.5) is 13.2 Å². The van der Waals surface area contributed by atoms with Crippen LogP contribution in [0.15, 0.2) is 53.0 Å². The molecule has 0 unspecified atom stereocenters. The summed E-state index contributed by atoms with van der Waals surface area (Å²) in [5.74, 6) is -0.0401. The molecular weight excluding hydrogens is 345 g/mol. The Kier molecular flexibility index (Phi) is 4.83. The molecule has 0 amide bonds. The van der Waals surface area contributed by atoms with Gasteiger partial charge in [0.05, 0.1) is 5.56 Å². The zero-order chi connectivity index (χ0) is 15.5. The molecular formula is C16H12BrF3O. The topological polar surface area (TPSA) is 17.1 Å². The number of Topliss-reactive ketones (excluding diaryl/α,β-unsaturated/α-hetero) is 1. The van der Waals surface area contributed by atoms with Crippen molar-refractivity contribution >= 4 is 21.7 Å². The molecule has 0 spiro atoms. The van der Waals surface area contributed by atoms with Gasteiger partial charge in [0, 0.05) is 17.3 Å². The lowest BCUT2D eigenvalue weighted by molar-refractivity contribution is -0.137. The van der Waals surface area contributed by atoms with E-state index in [2.05, 4.69) is 15.9 Å². The molecule has 0 aromatic heterocycles. The third kappa shape index (κ3) is 4.43. The van der Waals surface area contributed by atoms with Crippen molar-refractivity contribution < 1.29 is 18.0 Å². The number of carbonyl (C=O) groups is 1. The largest absolute Gasteiger partial charge is 0.416 e. The van der Waals surface area contributed by atoms with Crippen LogP contribution in [0.25, 0.3) is 0 Å². The molecule has 5 heteroatoms. The fourth-order valence-electron chi connectivity index (χ4n) is 1.96. The number of benzene rings is 2. The van der Waals surface area contributed by atoms with E-state index in [1.807, 2.05) is 24.3 Å². The Morgan fingerprint density at radius 2 is 1.57 bits per heavy atom. The predicted octanol–water partition coefficient (Wildman–Crippen LogP) is 4.82. The molecule has 0 saturated carbocycles. The first-order chi connectivity index (χ1) is 9.86. The van der Waals surface area contributed by atoms with Gasteiger partial charge in [0.15, 0.2) is 0 Å². The number of ketones is 1. The highest BCUT2D eigenvalue weighted by Crippen LogP contribution is 2.29. The summed E-state index contributed by atoms with van der Waals surface area (Å²) < 4.78 is 38.2. The van der Waals surface area contributed by atoms with Gasteiger partial charge in [-0.2, -0.15) is 13.2 Å². The highest BCUT2D eigenvalue weighted by molar-refractivity contribution is 9.10. The number of alkyl halides is 3. The first kappa shape index (κ1) is 15.8. The molecule has 0 heterocycles. The van der Waals surface area contributed by atoms with Crippen molar-refractivity contribution in [2.45, 2.75) is 19.0 Å². The highest BCUT2D eigenvalue weighted by Gasteiger charge is 2.29. The lowest BCUT2D eigenvalue weighted by Gasteiger charge is -2.08. The maximum Gasteiger partial charge on any atom is 0.416 e. The Labute approximate surface area is 128 Å². The summed E-state index contributed by atoms with van der Waals surface area (Å²) in [6, 6.07) is 12.1. The van der Waals surface area contributed by atoms with E-state index < -0.39 is 11.7 Å². The zero-order valence-corrected chi connectivity index (χ0v) is 12.5. The van der Waals surface area contributed by atoms with Crippen LogP contribution >= 0.6 is 15.9 Å². The Morgan fingerprint density at radius 1 is 0.952 bits per heavy atom. The quantitative estimate of drug-likeness (QED) is 0.767. The highest BCUT2D eigenvalue weighted by atomic mass is 79.9. The Balaban J connectivity index is 2.02. The molecule has 2 rings (SSSR count). The van der Waals surface area contributed by atoms with Crippen molar-refractivity contribution in [1.82, 2.24) is 0 Å². The second-order valence-corrected chi connectivity index (χ2v) is 5.53. The lowest BCUT2D eigenvalue weighted by Crippen LogP contribution is -2.08. The summed E-state index contributed by atoms with van der Waals surface area (Å²) in [5, 5.41) is 0. The van der Waals surface area contributed by atoms with Gasteiger partial charge < -0.3 is 0 Å². The average Bonchev–Trinajstić information content (AvgIpc) is 2.41. The van der Waals surface area contributed by atoms with Gasteiger partial charge in [0.1, 0.15) is 5.78 Å². The van der Waals surface area contributed by atoms with Gasteiger partial charge in [-0.15, -0.1) is 0 Å². The fourth-order valence-corrected chi connectivity index (χ4v) is 2.38. The summed E-state index contributed by atoms with van der Waals surface area (Å²) in [6.45, 7) is 0. The second kappa shape index (κ2) is 6.43. The van der Waals surface area contributed by atoms with Crippen LogP contribution < -0.4 is 0 Å². The van der Waals surface area contributed by atoms with Crippen LogP contribution in [0, 0.1) is 0 Å². The minimum Gasteiger partial charge on any atom is -0.299 e. The standard InChI is InChI=1S/C16H12BrF3O/c17-15-4-2-1-3-12(15)10-14(21)9-11-5-7-13(8-6-11)16(18,19)20/h1-8H,9-10H2. The van der Waals surface area contributed by atoms with E-state index in [4.69, 9.17) is 0 Å². The number of halogens is 4. The average molecular weight is 357 g/mol. The molecule has 0 aliphatic heterocycles. The minimum absolute atomic E-state index is 0.0401. The van der Waals surface area contributed by atoms with Gasteiger partial charge in [0.2, 0.25) is 0 Å². The molecule has 2 aromatic carbocycles. The van der Waals surface area contributed by atoms with E-state index in [9.17, 15) is 18.0 Å². The van der Waals surface area contributed by atoms with Gasteiger partial charge in [-0.1, -0.05) is 46.3 Å². The maximum absolute atomic E-state index is 12.4. The minimum atomic E-state index is -4.35. The fraction of sp³-hybridized carbons (Fsp3) is 0.188. The van der Waals surface area contributed by atoms with Crippen LogP contribution in [0.1, 0.15) is 16.7 Å². The van der Waals surface area contributed by atoms with Crippen molar-refractivity contribution in [1.29, 1.82) is 0 Å². The van der Waals surface area contributed by atoms with E-state index in [-0.39, 0.29) is 18.6 Å². The van der Waals surface area contributed by atoms with Crippen LogP contribution in [-0.2, 0) is 23.8 Å². The molecule has 0 saturated heterocycles. The van der Waals surface area contributed by atoms with Crippen molar-refractivity contribution in [2.75, 3.05) is 0 Å². The van der Waals surface area contributed by atoms with Crippen molar-refractivity contribution in [3.8, 4) is 0 Å². The Hall–Kier alpha value is -1.62. The summed E-state index contributed by atoms with van der Waals surface area (Å²) in [5.41, 5.74) is 0.749. The molecule has 0 atom stereocenters. The van der Waals surface area contributed by atoms with Crippen molar-refractivity contribution in [3.63, 3.8) is 0 Å². The Morgan fingerprint density at radius 3 is 2.14 bits per heavy atom. The number of hydrogen-bond acceptors (Lipinski definition) is 1. The summed E-state index contributed by atoms with van der Waals surface area (Å²) >= 11 is 3.36. The number of rotatable bonds is 4. The molecule has 0 aliphatic rings. The molecule has 0 fully saturated rings. The summed E-state index contributed by atoms with van der Waals surface area (Å²) in [4.78, 5) is 12.0. The first-order valence-corrected chi connectivity index (χ1v) is 7.07. The van der Waals surface area contributed by atoms with Gasteiger partial charge in [-0.3, -0.25) is 4.79 Å². The lowest BCUT2D eigenvalue weighted by atomic mass is 10.0. The van der Waals surface area contributed by atoms with E-state index in [1.54, 1.807) is 0 Å². The molecule has 2 aromatic rings. The zero-order valence-electron chi connectivity index (χ0n) is 11.0. The van der Waals surface area contributed by atoms with Crippen molar-refractivity contribution in [3.05, 3.63) is 69.7 Å². The monoisotopic (exact) mass is 356 g/mol. The second-order valence-electron chi connectivity index (χ2n) is 4.68. The molecule has 1 nitrogen and oxygen atoms in total. The van der Waals surface area contributed by atoms with Gasteiger partial charge in [-0.25, -0.2) is 0 Å². The van der Waals surface area contributed by atoms with E-state index >= 15 is 0 Å². The van der Waals surface area contributed by atoms with Gasteiger partial charge in [-0.05, 0) is 29.3 Å². The van der Waals surface area contributed by atoms with Gasteiger partial charge in [0.25, 0.3) is 0 Å². The Bertz CT molecular complexity index is 633. The summed E-state index contributed by atoms with van der Waals surface area (Å²) in [6.07, 6.45) is -3.97. The number of carbonyl (C=O) groups excluding carboxylic acids is 1. The van der Waals surface area contributed by atoms with E-state index in [0.29, 0.717) is 5.56 Å².